The summed E-state index contributed by atoms with van der Waals surface area (Å²) in [5, 5.41) is 0.634. The molecule has 1 fully saturated rings. The molecule has 2 unspecified atom stereocenters. The number of H-pyrrole nitrogens is 1. The highest BCUT2D eigenvalue weighted by Crippen LogP contribution is 2.32. The summed E-state index contributed by atoms with van der Waals surface area (Å²) in [7, 11) is 4.23. The van der Waals surface area contributed by atoms with Gasteiger partial charge in [-0.3, -0.25) is 9.78 Å². The van der Waals surface area contributed by atoms with Crippen LogP contribution in [0.4, 0.5) is 5.95 Å². The van der Waals surface area contributed by atoms with Crippen molar-refractivity contribution in [1.82, 2.24) is 14.9 Å². The van der Waals surface area contributed by atoms with E-state index < -0.39 is 0 Å². The molecule has 1 saturated heterocycles. The minimum Gasteiger partial charge on any atom is -0.340 e. The summed E-state index contributed by atoms with van der Waals surface area (Å²) < 4.78 is 0. The van der Waals surface area contributed by atoms with Gasteiger partial charge < -0.3 is 9.80 Å². The van der Waals surface area contributed by atoms with E-state index >= 15 is 0 Å². The standard InChI is InChI=1S/C21H24N4O/c1-14-8-10-15(11-9-14)17-12-25(13-19(17)24(2)3)21-22-18-7-5-4-6-16(18)20(26)23-21/h4-11,17,19H,12-13H2,1-3H3,(H,22,23,26). The van der Waals surface area contributed by atoms with Crippen LogP contribution in [0.25, 0.3) is 10.9 Å². The van der Waals surface area contributed by atoms with Gasteiger partial charge in [0.1, 0.15) is 0 Å². The van der Waals surface area contributed by atoms with E-state index in [4.69, 9.17) is 4.98 Å². The monoisotopic (exact) mass is 348 g/mol. The number of aryl methyl sites for hydroxylation is 1. The number of rotatable bonds is 3. The number of hydrogen-bond acceptors (Lipinski definition) is 4. The third kappa shape index (κ3) is 2.99. The summed E-state index contributed by atoms with van der Waals surface area (Å²) in [5.74, 6) is 1.04. The van der Waals surface area contributed by atoms with Crippen LogP contribution in [0.2, 0.25) is 0 Å². The smallest absolute Gasteiger partial charge is 0.260 e. The molecular formula is C21H24N4O. The Hall–Kier alpha value is -2.66. The van der Waals surface area contributed by atoms with Crippen LogP contribution in [-0.2, 0) is 0 Å². The summed E-state index contributed by atoms with van der Waals surface area (Å²) in [6, 6.07) is 16.6. The van der Waals surface area contributed by atoms with E-state index in [1.807, 2.05) is 24.3 Å². The maximum Gasteiger partial charge on any atom is 0.260 e. The first-order valence-corrected chi connectivity index (χ1v) is 9.00. The van der Waals surface area contributed by atoms with E-state index in [2.05, 4.69) is 60.1 Å². The van der Waals surface area contributed by atoms with Gasteiger partial charge in [-0.2, -0.15) is 0 Å². The van der Waals surface area contributed by atoms with Crippen molar-refractivity contribution in [3.05, 3.63) is 70.0 Å². The van der Waals surface area contributed by atoms with Gasteiger partial charge in [0.25, 0.3) is 5.56 Å². The largest absolute Gasteiger partial charge is 0.340 e. The molecule has 2 aromatic carbocycles. The predicted octanol–water partition coefficient (Wildman–Crippen LogP) is 2.77. The van der Waals surface area contributed by atoms with E-state index in [1.54, 1.807) is 0 Å². The molecule has 0 amide bonds. The van der Waals surface area contributed by atoms with Gasteiger partial charge >= 0.3 is 0 Å². The molecule has 3 aromatic rings. The van der Waals surface area contributed by atoms with Crippen LogP contribution in [0.3, 0.4) is 0 Å². The van der Waals surface area contributed by atoms with Crippen molar-refractivity contribution in [3.63, 3.8) is 0 Å². The Balaban J connectivity index is 1.70. The second-order valence-electron chi connectivity index (χ2n) is 7.36. The Kier molecular flexibility index (Phi) is 4.24. The van der Waals surface area contributed by atoms with Crippen LogP contribution in [0.15, 0.2) is 53.3 Å². The molecule has 2 atom stereocenters. The first-order valence-electron chi connectivity index (χ1n) is 9.00. The average molecular weight is 348 g/mol. The molecule has 0 spiro atoms. The van der Waals surface area contributed by atoms with E-state index in [0.29, 0.717) is 23.3 Å². The van der Waals surface area contributed by atoms with Crippen molar-refractivity contribution >= 4 is 16.9 Å². The highest BCUT2D eigenvalue weighted by Gasteiger charge is 2.36. The lowest BCUT2D eigenvalue weighted by molar-refractivity contribution is 0.292. The summed E-state index contributed by atoms with van der Waals surface area (Å²) in [6.45, 7) is 3.79. The molecule has 1 aliphatic heterocycles. The number of likely N-dealkylation sites (N-methyl/N-ethyl adjacent to an activating group) is 1. The quantitative estimate of drug-likeness (QED) is 0.791. The van der Waals surface area contributed by atoms with Crippen molar-refractivity contribution in [2.75, 3.05) is 32.1 Å². The molecule has 4 rings (SSSR count). The highest BCUT2D eigenvalue weighted by molar-refractivity contribution is 5.78. The van der Waals surface area contributed by atoms with Gasteiger partial charge in [-0.1, -0.05) is 42.0 Å². The zero-order valence-corrected chi connectivity index (χ0v) is 15.4. The first kappa shape index (κ1) is 16.8. The summed E-state index contributed by atoms with van der Waals surface area (Å²) in [5.41, 5.74) is 3.27. The van der Waals surface area contributed by atoms with Crippen LogP contribution in [0.1, 0.15) is 17.0 Å². The van der Waals surface area contributed by atoms with Gasteiger partial charge in [0.05, 0.1) is 10.9 Å². The molecule has 0 radical (unpaired) electrons. The number of hydrogen-bond donors (Lipinski definition) is 1. The van der Waals surface area contributed by atoms with Crippen LogP contribution < -0.4 is 10.5 Å². The zero-order valence-electron chi connectivity index (χ0n) is 15.4. The molecule has 5 nitrogen and oxygen atoms in total. The summed E-state index contributed by atoms with van der Waals surface area (Å²) in [4.78, 5) is 24.6. The van der Waals surface area contributed by atoms with Gasteiger partial charge in [-0.25, -0.2) is 4.98 Å². The SMILES string of the molecule is Cc1ccc(C2CN(c3nc4ccccc4c(=O)[nH]3)CC2N(C)C)cc1. The summed E-state index contributed by atoms with van der Waals surface area (Å²) in [6.07, 6.45) is 0. The Morgan fingerprint density at radius 2 is 1.81 bits per heavy atom. The maximum atomic E-state index is 12.4. The lowest BCUT2D eigenvalue weighted by Crippen LogP contribution is -2.35. The molecule has 1 aromatic heterocycles. The topological polar surface area (TPSA) is 52.2 Å². The van der Waals surface area contributed by atoms with Gasteiger partial charge in [0.15, 0.2) is 0 Å². The molecule has 1 N–H and O–H groups in total. The van der Waals surface area contributed by atoms with Gasteiger partial charge in [0.2, 0.25) is 5.95 Å². The zero-order chi connectivity index (χ0) is 18.3. The van der Waals surface area contributed by atoms with Crippen molar-refractivity contribution in [2.45, 2.75) is 18.9 Å². The Morgan fingerprint density at radius 3 is 2.54 bits per heavy atom. The third-order valence-electron chi connectivity index (χ3n) is 5.36. The number of benzene rings is 2. The highest BCUT2D eigenvalue weighted by atomic mass is 16.1. The number of para-hydroxylation sites is 1. The molecule has 0 saturated carbocycles. The van der Waals surface area contributed by atoms with E-state index in [-0.39, 0.29) is 5.56 Å². The molecule has 0 aliphatic carbocycles. The second-order valence-corrected chi connectivity index (χ2v) is 7.36. The van der Waals surface area contributed by atoms with Crippen LogP contribution in [-0.4, -0.2) is 48.1 Å². The van der Waals surface area contributed by atoms with Crippen molar-refractivity contribution in [3.8, 4) is 0 Å². The molecular weight excluding hydrogens is 324 g/mol. The lowest BCUT2D eigenvalue weighted by atomic mass is 9.93. The number of nitrogens with zero attached hydrogens (tertiary/aromatic N) is 3. The number of fused-ring (bicyclic) bond motifs is 1. The predicted molar refractivity (Wildman–Crippen MR) is 106 cm³/mol. The molecule has 2 heterocycles. The Labute approximate surface area is 153 Å². The average Bonchev–Trinajstić information content (AvgIpc) is 3.08. The number of anilines is 1. The number of aromatic amines is 1. The first-order chi connectivity index (χ1) is 12.5. The Bertz CT molecular complexity index is 977. The molecule has 134 valence electrons. The third-order valence-corrected chi connectivity index (χ3v) is 5.36. The Morgan fingerprint density at radius 1 is 1.08 bits per heavy atom. The van der Waals surface area contributed by atoms with Gasteiger partial charge in [0, 0.05) is 25.0 Å². The molecule has 1 aliphatic rings. The van der Waals surface area contributed by atoms with Crippen molar-refractivity contribution in [2.24, 2.45) is 0 Å². The van der Waals surface area contributed by atoms with Gasteiger partial charge in [-0.05, 0) is 38.7 Å². The minimum absolute atomic E-state index is 0.0780. The molecule has 0 bridgehead atoms. The lowest BCUT2D eigenvalue weighted by Gasteiger charge is -2.25. The fourth-order valence-electron chi connectivity index (χ4n) is 3.85. The van der Waals surface area contributed by atoms with Crippen molar-refractivity contribution < 1.29 is 0 Å². The van der Waals surface area contributed by atoms with E-state index in [0.717, 1.165) is 18.6 Å². The van der Waals surface area contributed by atoms with E-state index in [1.165, 1.54) is 11.1 Å². The second kappa shape index (κ2) is 6.57. The molecule has 5 heteroatoms. The fraction of sp³-hybridized carbons (Fsp3) is 0.333. The van der Waals surface area contributed by atoms with Crippen LogP contribution >= 0.6 is 0 Å². The van der Waals surface area contributed by atoms with Crippen LogP contribution in [0, 0.1) is 6.92 Å². The van der Waals surface area contributed by atoms with Crippen molar-refractivity contribution in [1.29, 1.82) is 0 Å². The minimum atomic E-state index is -0.0780. The normalized spacial score (nSPS) is 20.2. The molecule has 26 heavy (non-hydrogen) atoms. The number of nitrogens with one attached hydrogen (secondary N) is 1. The maximum absolute atomic E-state index is 12.4. The van der Waals surface area contributed by atoms with Gasteiger partial charge in [-0.15, -0.1) is 0 Å². The summed E-state index contributed by atoms with van der Waals surface area (Å²) >= 11 is 0. The van der Waals surface area contributed by atoms with Crippen LogP contribution in [0.5, 0.6) is 0 Å². The fourth-order valence-corrected chi connectivity index (χ4v) is 3.85. The van der Waals surface area contributed by atoms with E-state index in [9.17, 15) is 4.79 Å². The number of aromatic nitrogens is 2.